The molecular formula is C18H27N3O4. The third-order valence-electron chi connectivity index (χ3n) is 4.32. The van der Waals surface area contributed by atoms with E-state index in [1.165, 1.54) is 4.90 Å². The number of nitrogens with zero attached hydrogens (tertiary/aromatic N) is 2. The highest BCUT2D eigenvalue weighted by atomic mass is 16.5. The molecule has 2 N–H and O–H groups in total. The van der Waals surface area contributed by atoms with Gasteiger partial charge < -0.3 is 20.1 Å². The van der Waals surface area contributed by atoms with Crippen LogP contribution in [0.3, 0.4) is 0 Å². The van der Waals surface area contributed by atoms with Gasteiger partial charge in [-0.1, -0.05) is 18.2 Å². The maximum atomic E-state index is 12.3. The quantitative estimate of drug-likeness (QED) is 0.702. The monoisotopic (exact) mass is 349 g/mol. The number of aliphatic hydroxyl groups excluding tert-OH is 1. The van der Waals surface area contributed by atoms with Crippen LogP contribution in [-0.2, 0) is 16.1 Å². The van der Waals surface area contributed by atoms with Gasteiger partial charge in [0.1, 0.15) is 5.75 Å². The van der Waals surface area contributed by atoms with Gasteiger partial charge in [0.05, 0.1) is 25.7 Å². The molecule has 2 rings (SSSR count). The minimum Gasteiger partial charge on any atom is -0.494 e. The second kappa shape index (κ2) is 9.39. The third kappa shape index (κ3) is 5.17. The van der Waals surface area contributed by atoms with Gasteiger partial charge in [0.25, 0.3) is 0 Å². The van der Waals surface area contributed by atoms with E-state index in [-0.39, 0.29) is 31.4 Å². The van der Waals surface area contributed by atoms with E-state index < -0.39 is 6.04 Å². The van der Waals surface area contributed by atoms with Crippen LogP contribution in [-0.4, -0.2) is 72.7 Å². The molecule has 1 unspecified atom stereocenters. The molecule has 0 aromatic heterocycles. The van der Waals surface area contributed by atoms with Crippen LogP contribution in [0, 0.1) is 0 Å². The first-order valence-electron chi connectivity index (χ1n) is 8.64. The highest BCUT2D eigenvalue weighted by molar-refractivity contribution is 5.88. The number of amides is 2. The molecule has 2 amide bonds. The van der Waals surface area contributed by atoms with E-state index >= 15 is 0 Å². The zero-order chi connectivity index (χ0) is 18.2. The molecule has 0 aliphatic carbocycles. The van der Waals surface area contributed by atoms with E-state index in [9.17, 15) is 9.59 Å². The van der Waals surface area contributed by atoms with Crippen LogP contribution >= 0.6 is 0 Å². The van der Waals surface area contributed by atoms with Crippen LogP contribution in [0.2, 0.25) is 0 Å². The number of carbonyl (C=O) groups excluding carboxylic acids is 2. The van der Waals surface area contributed by atoms with Gasteiger partial charge in [0.2, 0.25) is 11.8 Å². The van der Waals surface area contributed by atoms with Gasteiger partial charge >= 0.3 is 0 Å². The van der Waals surface area contributed by atoms with Crippen LogP contribution < -0.4 is 10.1 Å². The van der Waals surface area contributed by atoms with Crippen LogP contribution in [0.1, 0.15) is 18.9 Å². The first kappa shape index (κ1) is 19.2. The topological polar surface area (TPSA) is 82.1 Å². The molecule has 7 heteroatoms. The lowest BCUT2D eigenvalue weighted by molar-refractivity contribution is -0.138. The number of nitrogens with one attached hydrogen (secondary N) is 1. The highest BCUT2D eigenvalue weighted by Crippen LogP contribution is 2.22. The van der Waals surface area contributed by atoms with Crippen molar-refractivity contribution in [3.8, 4) is 5.75 Å². The normalized spacial score (nSPS) is 17.9. The summed E-state index contributed by atoms with van der Waals surface area (Å²) in [7, 11) is 1.63. The van der Waals surface area contributed by atoms with Crippen LogP contribution in [0.25, 0.3) is 0 Å². The van der Waals surface area contributed by atoms with Crippen LogP contribution in [0.15, 0.2) is 24.3 Å². The van der Waals surface area contributed by atoms with Crippen molar-refractivity contribution in [1.29, 1.82) is 0 Å². The fourth-order valence-corrected chi connectivity index (χ4v) is 2.92. The number of hydrogen-bond donors (Lipinski definition) is 2. The Labute approximate surface area is 148 Å². The molecule has 0 spiro atoms. The molecular weight excluding hydrogens is 322 g/mol. The standard InChI is InChI=1S/C18H27N3O4/c1-3-25-16-7-5-4-6-14(16)13-21-9-8-19-18(24)15(21)12-17(23)20(2)10-11-22/h4-7,15,22H,3,8-13H2,1-2H3,(H,19,24). The van der Waals surface area contributed by atoms with Crippen molar-refractivity contribution in [2.24, 2.45) is 0 Å². The maximum Gasteiger partial charge on any atom is 0.237 e. The molecule has 25 heavy (non-hydrogen) atoms. The van der Waals surface area contributed by atoms with E-state index in [2.05, 4.69) is 5.32 Å². The molecule has 7 nitrogen and oxygen atoms in total. The third-order valence-corrected chi connectivity index (χ3v) is 4.32. The van der Waals surface area contributed by atoms with Gasteiger partial charge in [-0.25, -0.2) is 0 Å². The molecule has 1 atom stereocenters. The molecule has 0 bridgehead atoms. The molecule has 0 radical (unpaired) electrons. The number of benzene rings is 1. The van der Waals surface area contributed by atoms with Crippen molar-refractivity contribution in [2.45, 2.75) is 25.9 Å². The van der Waals surface area contributed by atoms with Crippen LogP contribution in [0.4, 0.5) is 0 Å². The lowest BCUT2D eigenvalue weighted by atomic mass is 10.1. The Balaban J connectivity index is 2.11. The van der Waals surface area contributed by atoms with E-state index in [4.69, 9.17) is 9.84 Å². The number of aliphatic hydroxyl groups is 1. The van der Waals surface area contributed by atoms with E-state index in [0.29, 0.717) is 26.2 Å². The van der Waals surface area contributed by atoms with Gasteiger partial charge in [-0.2, -0.15) is 0 Å². The second-order valence-electron chi connectivity index (χ2n) is 6.06. The summed E-state index contributed by atoms with van der Waals surface area (Å²) < 4.78 is 5.66. The zero-order valence-electron chi connectivity index (χ0n) is 14.9. The van der Waals surface area contributed by atoms with E-state index in [1.54, 1.807) is 7.05 Å². The summed E-state index contributed by atoms with van der Waals surface area (Å²) >= 11 is 0. The van der Waals surface area contributed by atoms with Gasteiger partial charge in [-0.3, -0.25) is 14.5 Å². The Morgan fingerprint density at radius 1 is 1.44 bits per heavy atom. The number of piperazine rings is 1. The Hall–Kier alpha value is -2.12. The molecule has 1 aliphatic heterocycles. The predicted octanol–water partition coefficient (Wildman–Crippen LogP) is 0.227. The number of likely N-dealkylation sites (N-methyl/N-ethyl adjacent to an activating group) is 1. The number of ether oxygens (including phenoxy) is 1. The van der Waals surface area contributed by atoms with Crippen molar-refractivity contribution in [3.63, 3.8) is 0 Å². The van der Waals surface area contributed by atoms with Gasteiger partial charge in [0, 0.05) is 38.8 Å². The number of rotatable bonds is 8. The largest absolute Gasteiger partial charge is 0.494 e. The zero-order valence-corrected chi connectivity index (χ0v) is 14.9. The van der Waals surface area contributed by atoms with Gasteiger partial charge in [-0.15, -0.1) is 0 Å². The van der Waals surface area contributed by atoms with Crippen LogP contribution in [0.5, 0.6) is 5.75 Å². The first-order chi connectivity index (χ1) is 12.1. The summed E-state index contributed by atoms with van der Waals surface area (Å²) in [5.74, 6) is 0.517. The number of hydrogen-bond acceptors (Lipinski definition) is 5. The highest BCUT2D eigenvalue weighted by Gasteiger charge is 2.32. The van der Waals surface area contributed by atoms with Crippen molar-refractivity contribution in [2.75, 3.05) is 39.9 Å². The van der Waals surface area contributed by atoms with Crippen molar-refractivity contribution >= 4 is 11.8 Å². The molecule has 1 fully saturated rings. The fourth-order valence-electron chi connectivity index (χ4n) is 2.92. The minimum absolute atomic E-state index is 0.0927. The van der Waals surface area contributed by atoms with Crippen molar-refractivity contribution < 1.29 is 19.4 Å². The maximum absolute atomic E-state index is 12.3. The molecule has 0 saturated carbocycles. The second-order valence-corrected chi connectivity index (χ2v) is 6.06. The smallest absolute Gasteiger partial charge is 0.237 e. The molecule has 1 aliphatic rings. The SMILES string of the molecule is CCOc1ccccc1CN1CCNC(=O)C1CC(=O)N(C)CCO. The summed E-state index contributed by atoms with van der Waals surface area (Å²) in [5, 5.41) is 11.8. The lowest BCUT2D eigenvalue weighted by Gasteiger charge is -2.35. The Bertz CT molecular complexity index is 593. The summed E-state index contributed by atoms with van der Waals surface area (Å²) in [6, 6.07) is 7.24. The average Bonchev–Trinajstić information content (AvgIpc) is 2.60. The number of para-hydroxylation sites is 1. The van der Waals surface area contributed by atoms with E-state index in [1.807, 2.05) is 36.1 Å². The predicted molar refractivity (Wildman–Crippen MR) is 94.2 cm³/mol. The number of carbonyl (C=O) groups is 2. The minimum atomic E-state index is -0.517. The lowest BCUT2D eigenvalue weighted by Crippen LogP contribution is -2.56. The molecule has 1 saturated heterocycles. The van der Waals surface area contributed by atoms with E-state index in [0.717, 1.165) is 11.3 Å². The molecule has 1 heterocycles. The summed E-state index contributed by atoms with van der Waals surface area (Å²) in [4.78, 5) is 28.1. The van der Waals surface area contributed by atoms with Gasteiger partial charge in [0.15, 0.2) is 0 Å². The average molecular weight is 349 g/mol. The summed E-state index contributed by atoms with van der Waals surface area (Å²) in [6.07, 6.45) is 0.0964. The fraction of sp³-hybridized carbons (Fsp3) is 0.556. The summed E-state index contributed by atoms with van der Waals surface area (Å²) in [6.45, 7) is 4.46. The summed E-state index contributed by atoms with van der Waals surface area (Å²) in [5.41, 5.74) is 1.00. The Kier molecular flexibility index (Phi) is 7.21. The Morgan fingerprint density at radius 2 is 2.20 bits per heavy atom. The first-order valence-corrected chi connectivity index (χ1v) is 8.64. The molecule has 1 aromatic rings. The molecule has 138 valence electrons. The molecule has 1 aromatic carbocycles. The van der Waals surface area contributed by atoms with Gasteiger partial charge in [-0.05, 0) is 13.0 Å². The Morgan fingerprint density at radius 3 is 2.92 bits per heavy atom. The van der Waals surface area contributed by atoms with Crippen molar-refractivity contribution in [3.05, 3.63) is 29.8 Å². The van der Waals surface area contributed by atoms with Crippen molar-refractivity contribution in [1.82, 2.24) is 15.1 Å².